The molecule has 0 aliphatic rings. The largest absolute Gasteiger partial charge is 0.459 e. The maximum atomic E-state index is 11.8. The Hall–Kier alpha value is -3.82. The standard InChI is InChI=1S/C18H20N4O6/c1-3-27-17(25)15(23)21-19-13-10-9-11-7-5-6-8-12(11)14(13)20-22-16(24)18(26)28-4-2/h5-10,19-20H,3-4H2,1-2H3,(H,21,23)(H,22,24). The van der Waals surface area contributed by atoms with Gasteiger partial charge in [-0.25, -0.2) is 9.59 Å². The van der Waals surface area contributed by atoms with Crippen molar-refractivity contribution in [2.45, 2.75) is 13.8 Å². The van der Waals surface area contributed by atoms with Crippen molar-refractivity contribution in [3.63, 3.8) is 0 Å². The number of hydrogen-bond acceptors (Lipinski definition) is 8. The van der Waals surface area contributed by atoms with Crippen LogP contribution in [0.4, 0.5) is 11.4 Å². The second kappa shape index (κ2) is 9.76. The van der Waals surface area contributed by atoms with E-state index in [-0.39, 0.29) is 13.2 Å². The summed E-state index contributed by atoms with van der Waals surface area (Å²) in [6.07, 6.45) is 0. The van der Waals surface area contributed by atoms with Crippen LogP contribution in [0.5, 0.6) is 0 Å². The molecule has 10 nitrogen and oxygen atoms in total. The monoisotopic (exact) mass is 388 g/mol. The summed E-state index contributed by atoms with van der Waals surface area (Å²) in [4.78, 5) is 46.4. The highest BCUT2D eigenvalue weighted by molar-refractivity contribution is 6.33. The number of hydrazine groups is 2. The third-order valence-corrected chi connectivity index (χ3v) is 3.46. The van der Waals surface area contributed by atoms with Crippen LogP contribution in [0.3, 0.4) is 0 Å². The summed E-state index contributed by atoms with van der Waals surface area (Å²) in [5, 5.41) is 1.51. The number of esters is 2. The maximum Gasteiger partial charge on any atom is 0.398 e. The van der Waals surface area contributed by atoms with Crippen molar-refractivity contribution in [2.75, 3.05) is 24.1 Å². The first-order chi connectivity index (χ1) is 13.5. The van der Waals surface area contributed by atoms with E-state index in [0.29, 0.717) is 16.8 Å². The first-order valence-electron chi connectivity index (χ1n) is 8.45. The smallest absolute Gasteiger partial charge is 0.398 e. The average molecular weight is 388 g/mol. The van der Waals surface area contributed by atoms with Crippen LogP contribution in [-0.4, -0.2) is 37.0 Å². The number of fused-ring (bicyclic) bond motifs is 1. The first kappa shape index (κ1) is 20.5. The van der Waals surface area contributed by atoms with Gasteiger partial charge < -0.3 is 9.47 Å². The van der Waals surface area contributed by atoms with Gasteiger partial charge in [-0.2, -0.15) is 0 Å². The minimum atomic E-state index is -1.04. The molecule has 4 N–H and O–H groups in total. The molecule has 0 radical (unpaired) electrons. The number of carbonyl (C=O) groups excluding carboxylic acids is 4. The lowest BCUT2D eigenvalue weighted by Crippen LogP contribution is -2.38. The predicted molar refractivity (Wildman–Crippen MR) is 101 cm³/mol. The molecule has 28 heavy (non-hydrogen) atoms. The first-order valence-corrected chi connectivity index (χ1v) is 8.45. The van der Waals surface area contributed by atoms with Gasteiger partial charge in [-0.15, -0.1) is 0 Å². The van der Waals surface area contributed by atoms with Crippen LogP contribution in [-0.2, 0) is 28.7 Å². The fraction of sp³-hybridized carbons (Fsp3) is 0.222. The number of nitrogens with one attached hydrogen (secondary N) is 4. The fourth-order valence-corrected chi connectivity index (χ4v) is 2.25. The lowest BCUT2D eigenvalue weighted by molar-refractivity contribution is -0.154. The molecule has 0 spiro atoms. The Morgan fingerprint density at radius 3 is 1.96 bits per heavy atom. The van der Waals surface area contributed by atoms with E-state index < -0.39 is 23.8 Å². The van der Waals surface area contributed by atoms with Crippen LogP contribution >= 0.6 is 0 Å². The summed E-state index contributed by atoms with van der Waals surface area (Å²) in [7, 11) is 0. The molecular formula is C18H20N4O6. The summed E-state index contributed by atoms with van der Waals surface area (Å²) in [6.45, 7) is 3.29. The number of ether oxygens (including phenoxy) is 2. The summed E-state index contributed by atoms with van der Waals surface area (Å²) in [5.74, 6) is -4.06. The van der Waals surface area contributed by atoms with Gasteiger partial charge in [-0.05, 0) is 25.3 Å². The van der Waals surface area contributed by atoms with Crippen LogP contribution in [0.1, 0.15) is 13.8 Å². The minimum absolute atomic E-state index is 0.0627. The highest BCUT2D eigenvalue weighted by Gasteiger charge is 2.17. The molecule has 2 aromatic rings. The molecule has 148 valence electrons. The second-order valence-electron chi connectivity index (χ2n) is 5.31. The third-order valence-electron chi connectivity index (χ3n) is 3.46. The van der Waals surface area contributed by atoms with Crippen molar-refractivity contribution in [3.8, 4) is 0 Å². The van der Waals surface area contributed by atoms with Gasteiger partial charge in [0.2, 0.25) is 0 Å². The molecule has 10 heteroatoms. The fourth-order valence-electron chi connectivity index (χ4n) is 2.25. The van der Waals surface area contributed by atoms with Crippen LogP contribution in [0, 0.1) is 0 Å². The average Bonchev–Trinajstić information content (AvgIpc) is 2.70. The van der Waals surface area contributed by atoms with E-state index in [1.54, 1.807) is 38.1 Å². The van der Waals surface area contributed by atoms with E-state index in [4.69, 9.17) is 0 Å². The lowest BCUT2D eigenvalue weighted by atomic mass is 10.1. The highest BCUT2D eigenvalue weighted by atomic mass is 16.5. The van der Waals surface area contributed by atoms with Crippen LogP contribution in [0.2, 0.25) is 0 Å². The van der Waals surface area contributed by atoms with Gasteiger partial charge in [0.15, 0.2) is 0 Å². The molecular weight excluding hydrogens is 368 g/mol. The molecule has 0 unspecified atom stereocenters. The van der Waals surface area contributed by atoms with Crippen molar-refractivity contribution in [1.29, 1.82) is 0 Å². The molecule has 0 aliphatic carbocycles. The third kappa shape index (κ3) is 5.10. The zero-order chi connectivity index (χ0) is 20.5. The Kier molecular flexibility index (Phi) is 7.14. The second-order valence-corrected chi connectivity index (χ2v) is 5.31. The lowest BCUT2D eigenvalue weighted by Gasteiger charge is -2.17. The Morgan fingerprint density at radius 1 is 0.786 bits per heavy atom. The summed E-state index contributed by atoms with van der Waals surface area (Å²) >= 11 is 0. The molecule has 2 rings (SSSR count). The molecule has 0 aromatic heterocycles. The Morgan fingerprint density at radius 2 is 1.36 bits per heavy atom. The van der Waals surface area contributed by atoms with Gasteiger partial charge in [0.05, 0.1) is 24.6 Å². The molecule has 0 atom stereocenters. The number of rotatable bonds is 6. The van der Waals surface area contributed by atoms with Crippen LogP contribution in [0.25, 0.3) is 10.8 Å². The number of carbonyl (C=O) groups is 4. The molecule has 0 aliphatic heterocycles. The molecule has 2 amide bonds. The number of benzene rings is 2. The Bertz CT molecular complexity index is 899. The zero-order valence-corrected chi connectivity index (χ0v) is 15.3. The molecule has 0 saturated carbocycles. The van der Waals surface area contributed by atoms with Gasteiger partial charge in [-0.1, -0.05) is 30.3 Å². The Labute approximate surface area is 160 Å². The molecule has 0 heterocycles. The zero-order valence-electron chi connectivity index (χ0n) is 15.3. The van der Waals surface area contributed by atoms with E-state index in [2.05, 4.69) is 31.2 Å². The van der Waals surface area contributed by atoms with Gasteiger partial charge in [-0.3, -0.25) is 31.3 Å². The van der Waals surface area contributed by atoms with Gasteiger partial charge in [0.1, 0.15) is 0 Å². The van der Waals surface area contributed by atoms with E-state index in [1.165, 1.54) is 0 Å². The van der Waals surface area contributed by atoms with Crippen LogP contribution < -0.4 is 21.7 Å². The quantitative estimate of drug-likeness (QED) is 0.325. The van der Waals surface area contributed by atoms with E-state index in [0.717, 1.165) is 5.39 Å². The van der Waals surface area contributed by atoms with Gasteiger partial charge in [0.25, 0.3) is 0 Å². The predicted octanol–water partition coefficient (Wildman–Crippen LogP) is 0.852. The van der Waals surface area contributed by atoms with Crippen LogP contribution in [0.15, 0.2) is 36.4 Å². The van der Waals surface area contributed by atoms with E-state index in [1.807, 2.05) is 12.1 Å². The normalized spacial score (nSPS) is 9.93. The summed E-state index contributed by atoms with van der Waals surface area (Å²) in [6, 6.07) is 10.6. The van der Waals surface area contributed by atoms with Crippen molar-refractivity contribution >= 4 is 45.9 Å². The van der Waals surface area contributed by atoms with E-state index >= 15 is 0 Å². The molecule has 0 fully saturated rings. The number of hydrogen-bond donors (Lipinski definition) is 4. The summed E-state index contributed by atoms with van der Waals surface area (Å²) < 4.78 is 9.23. The van der Waals surface area contributed by atoms with Crippen molar-refractivity contribution in [2.24, 2.45) is 0 Å². The van der Waals surface area contributed by atoms with Crippen molar-refractivity contribution in [1.82, 2.24) is 10.9 Å². The molecule has 0 bridgehead atoms. The van der Waals surface area contributed by atoms with Gasteiger partial charge in [0, 0.05) is 5.39 Å². The van der Waals surface area contributed by atoms with E-state index in [9.17, 15) is 19.2 Å². The number of anilines is 2. The topological polar surface area (TPSA) is 135 Å². The number of amides is 2. The summed E-state index contributed by atoms with van der Waals surface area (Å²) in [5.41, 5.74) is 10.4. The van der Waals surface area contributed by atoms with Crippen molar-refractivity contribution < 1.29 is 28.7 Å². The highest BCUT2D eigenvalue weighted by Crippen LogP contribution is 2.30. The Balaban J connectivity index is 2.22. The molecule has 0 saturated heterocycles. The SMILES string of the molecule is CCOC(=O)C(=O)NNc1ccc2ccccc2c1NNC(=O)C(=O)OCC. The van der Waals surface area contributed by atoms with Crippen molar-refractivity contribution in [3.05, 3.63) is 36.4 Å². The molecule has 2 aromatic carbocycles. The van der Waals surface area contributed by atoms with Gasteiger partial charge >= 0.3 is 23.8 Å². The minimum Gasteiger partial charge on any atom is -0.459 e. The maximum absolute atomic E-state index is 11.8.